The van der Waals surface area contributed by atoms with Gasteiger partial charge in [0.1, 0.15) is 5.75 Å². The zero-order chi connectivity index (χ0) is 36.3. The van der Waals surface area contributed by atoms with Crippen molar-refractivity contribution >= 4 is 49.0 Å². The van der Waals surface area contributed by atoms with Gasteiger partial charge < -0.3 is 25.7 Å². The molecule has 3 aromatic carbocycles. The van der Waals surface area contributed by atoms with Crippen molar-refractivity contribution in [1.29, 1.82) is 0 Å². The molecule has 2 aliphatic rings. The summed E-state index contributed by atoms with van der Waals surface area (Å²) >= 11 is 0. The molecular weight excluding hydrogens is 679 g/mol. The van der Waals surface area contributed by atoms with E-state index < -0.39 is 31.9 Å². The fourth-order valence-electron chi connectivity index (χ4n) is 6.43. The third-order valence-corrected chi connectivity index (χ3v) is 10.6. The summed E-state index contributed by atoms with van der Waals surface area (Å²) < 4.78 is 56.9. The fourth-order valence-corrected chi connectivity index (χ4v) is 7.81. The molecule has 1 unspecified atom stereocenters. The van der Waals surface area contributed by atoms with Gasteiger partial charge in [0.05, 0.1) is 24.6 Å². The van der Waals surface area contributed by atoms with Gasteiger partial charge in [-0.2, -0.15) is 8.42 Å². The standard InChI is InChI=1S/C35H47N7O6S2/c1-34(2,37-22-31(44)25-10-17-30(43)29(20-25)39-49(5,45)46)21-24-8-13-27(14-9-24)38-33-32(40-50(47,48)41-33)36-23-35(18-6-7-19-35)26-11-15-28(16-12-26)42(3)4/h8-17,20,31,37,39,43-44H,6-7,18-19,21-23H2,1-5H3,(H,36,40)(H,38,41). The van der Waals surface area contributed by atoms with E-state index in [-0.39, 0.29) is 35.1 Å². The van der Waals surface area contributed by atoms with Crippen molar-refractivity contribution in [1.82, 2.24) is 10.0 Å². The number of nitrogens with one attached hydrogen (secondary N) is 4. The Labute approximate surface area is 295 Å². The molecule has 3 aromatic rings. The predicted molar refractivity (Wildman–Crippen MR) is 200 cm³/mol. The molecule has 270 valence electrons. The zero-order valence-corrected chi connectivity index (χ0v) is 30.7. The summed E-state index contributed by atoms with van der Waals surface area (Å²) in [6, 6.07) is 20.4. The van der Waals surface area contributed by atoms with Gasteiger partial charge in [-0.25, -0.2) is 13.1 Å². The molecule has 0 spiro atoms. The van der Waals surface area contributed by atoms with Gasteiger partial charge in [-0.3, -0.25) is 9.71 Å². The Morgan fingerprint density at radius 3 is 2.32 bits per heavy atom. The van der Waals surface area contributed by atoms with Crippen molar-refractivity contribution in [3.8, 4) is 5.75 Å². The van der Waals surface area contributed by atoms with Crippen molar-refractivity contribution < 1.29 is 27.0 Å². The summed E-state index contributed by atoms with van der Waals surface area (Å²) in [6.45, 7) is 4.62. The summed E-state index contributed by atoms with van der Waals surface area (Å²) in [4.78, 5) is 6.84. The molecule has 0 radical (unpaired) electrons. The number of anilines is 3. The topological polar surface area (TPSA) is 185 Å². The Balaban J connectivity index is 1.21. The first-order chi connectivity index (χ1) is 23.4. The smallest absolute Gasteiger partial charge is 0.345 e. The quantitative estimate of drug-likeness (QED) is 0.142. The van der Waals surface area contributed by atoms with E-state index in [1.165, 1.54) is 23.8 Å². The number of aliphatic imine (C=N–C) groups is 1. The second-order valence-corrected chi connectivity index (χ2v) is 17.1. The van der Waals surface area contributed by atoms with Crippen LogP contribution >= 0.6 is 0 Å². The van der Waals surface area contributed by atoms with Gasteiger partial charge >= 0.3 is 10.2 Å². The van der Waals surface area contributed by atoms with E-state index in [9.17, 15) is 27.0 Å². The van der Waals surface area contributed by atoms with Crippen LogP contribution in [-0.2, 0) is 32.1 Å². The molecule has 13 nitrogen and oxygen atoms in total. The number of rotatable bonds is 13. The molecule has 15 heteroatoms. The van der Waals surface area contributed by atoms with Crippen LogP contribution in [0.1, 0.15) is 62.3 Å². The van der Waals surface area contributed by atoms with Gasteiger partial charge in [-0.1, -0.05) is 43.2 Å². The number of phenols is 1. The normalized spacial score (nSPS) is 18.4. The molecule has 50 heavy (non-hydrogen) atoms. The summed E-state index contributed by atoms with van der Waals surface area (Å²) in [6.07, 6.45) is 4.77. The maximum Gasteiger partial charge on any atom is 0.345 e. The lowest BCUT2D eigenvalue weighted by molar-refractivity contribution is 0.160. The van der Waals surface area contributed by atoms with Crippen LogP contribution in [0.15, 0.2) is 76.1 Å². The largest absolute Gasteiger partial charge is 0.506 e. The third kappa shape index (κ3) is 9.53. The van der Waals surface area contributed by atoms with Crippen molar-refractivity contribution in [2.75, 3.05) is 48.4 Å². The average molecular weight is 726 g/mol. The van der Waals surface area contributed by atoms with Gasteiger partial charge in [-0.15, -0.1) is 4.40 Å². The minimum atomic E-state index is -3.92. The Bertz CT molecular complexity index is 1950. The lowest BCUT2D eigenvalue weighted by atomic mass is 9.79. The Morgan fingerprint density at radius 2 is 1.70 bits per heavy atom. The minimum Gasteiger partial charge on any atom is -0.506 e. The molecule has 1 fully saturated rings. The van der Waals surface area contributed by atoms with Crippen molar-refractivity contribution in [3.05, 3.63) is 83.4 Å². The minimum absolute atomic E-state index is 0.00363. The van der Waals surface area contributed by atoms with Crippen LogP contribution in [0, 0.1) is 0 Å². The first-order valence-electron chi connectivity index (χ1n) is 16.5. The Morgan fingerprint density at radius 1 is 1.04 bits per heavy atom. The monoisotopic (exact) mass is 725 g/mol. The van der Waals surface area contributed by atoms with Crippen LogP contribution in [0.2, 0.25) is 0 Å². The van der Waals surface area contributed by atoms with Crippen LogP contribution in [-0.4, -0.2) is 77.7 Å². The first kappa shape index (κ1) is 37.1. The molecule has 0 bridgehead atoms. The lowest BCUT2D eigenvalue weighted by Gasteiger charge is -2.28. The highest BCUT2D eigenvalue weighted by Crippen LogP contribution is 2.42. The molecule has 5 rings (SSSR count). The number of aliphatic hydroxyl groups is 1. The summed E-state index contributed by atoms with van der Waals surface area (Å²) in [5.74, 6) is 0.106. The average Bonchev–Trinajstić information content (AvgIpc) is 3.64. The van der Waals surface area contributed by atoms with Gasteiger partial charge in [0.15, 0.2) is 11.7 Å². The summed E-state index contributed by atoms with van der Waals surface area (Å²) in [5, 5.41) is 27.3. The van der Waals surface area contributed by atoms with Crippen molar-refractivity contribution in [2.45, 2.75) is 63.0 Å². The Kier molecular flexibility index (Phi) is 10.8. The number of amidine groups is 2. The lowest BCUT2D eigenvalue weighted by Crippen LogP contribution is -2.43. The SMILES string of the molecule is CN(C)c1ccc(C2(CN=C3NS(=O)(=O)N=C3Nc3ccc(CC(C)(C)NCC(O)c4ccc(O)c(NS(C)(=O)=O)c4)cc3)CCCC2)cc1. The van der Waals surface area contributed by atoms with Crippen molar-refractivity contribution in [3.63, 3.8) is 0 Å². The highest BCUT2D eigenvalue weighted by atomic mass is 32.2. The maximum absolute atomic E-state index is 12.5. The van der Waals surface area contributed by atoms with E-state index in [1.54, 1.807) is 0 Å². The zero-order valence-electron chi connectivity index (χ0n) is 29.1. The van der Waals surface area contributed by atoms with Crippen LogP contribution in [0.3, 0.4) is 0 Å². The maximum atomic E-state index is 12.5. The van der Waals surface area contributed by atoms with Crippen LogP contribution in [0.4, 0.5) is 17.1 Å². The molecular formula is C35H47N7O6S2. The number of nitrogens with zero attached hydrogens (tertiary/aromatic N) is 3. The van der Waals surface area contributed by atoms with E-state index >= 15 is 0 Å². The van der Waals surface area contributed by atoms with E-state index in [4.69, 9.17) is 4.99 Å². The summed E-state index contributed by atoms with van der Waals surface area (Å²) in [5.41, 5.74) is 3.82. The number of β-amino-alcohol motifs (C(OH)–C–C–N with tert-alkyl or cyclic N) is 1. The van der Waals surface area contributed by atoms with Gasteiger partial charge in [-0.05, 0) is 86.2 Å². The van der Waals surface area contributed by atoms with Crippen LogP contribution in [0.5, 0.6) is 5.75 Å². The second kappa shape index (κ2) is 14.6. The fraction of sp³-hybridized carbons (Fsp3) is 0.429. The van der Waals surface area contributed by atoms with E-state index in [2.05, 4.69) is 53.6 Å². The van der Waals surface area contributed by atoms with E-state index in [1.807, 2.05) is 52.2 Å². The van der Waals surface area contributed by atoms with Crippen molar-refractivity contribution in [2.24, 2.45) is 9.39 Å². The number of hydrogen-bond acceptors (Lipinski definition) is 10. The molecule has 1 heterocycles. The molecule has 1 aliphatic carbocycles. The highest BCUT2D eigenvalue weighted by molar-refractivity contribution is 7.92. The van der Waals surface area contributed by atoms with Gasteiger partial charge in [0, 0.05) is 43.0 Å². The molecule has 0 saturated heterocycles. The van der Waals surface area contributed by atoms with Crippen LogP contribution < -0.4 is 25.0 Å². The number of benzene rings is 3. The predicted octanol–water partition coefficient (Wildman–Crippen LogP) is 4.04. The number of aliphatic hydroxyl groups excluding tert-OH is 1. The molecule has 1 aliphatic heterocycles. The number of hydrogen-bond donors (Lipinski definition) is 6. The second-order valence-electron chi connectivity index (χ2n) is 14.0. The van der Waals surface area contributed by atoms with E-state index in [0.29, 0.717) is 24.2 Å². The highest BCUT2D eigenvalue weighted by Gasteiger charge is 2.37. The van der Waals surface area contributed by atoms with Gasteiger partial charge in [0.25, 0.3) is 0 Å². The number of aromatic hydroxyl groups is 1. The number of phenolic OH excluding ortho intramolecular Hbond substituents is 1. The molecule has 1 saturated carbocycles. The Hall–Kier alpha value is -4.18. The van der Waals surface area contributed by atoms with Crippen LogP contribution in [0.25, 0.3) is 0 Å². The summed E-state index contributed by atoms with van der Waals surface area (Å²) in [7, 11) is -3.51. The first-order valence-corrected chi connectivity index (χ1v) is 19.8. The molecule has 0 amide bonds. The number of sulfonamides is 1. The molecule has 0 aromatic heterocycles. The molecule has 1 atom stereocenters. The van der Waals surface area contributed by atoms with E-state index in [0.717, 1.165) is 43.2 Å². The third-order valence-electron chi connectivity index (χ3n) is 9.10. The molecule has 6 N–H and O–H groups in total. The van der Waals surface area contributed by atoms with Gasteiger partial charge in [0.2, 0.25) is 10.0 Å².